The van der Waals surface area contributed by atoms with Gasteiger partial charge in [0.1, 0.15) is 0 Å². The molecule has 1 unspecified atom stereocenters. The topological polar surface area (TPSA) is 49.1 Å². The summed E-state index contributed by atoms with van der Waals surface area (Å²) in [6.45, 7) is 1.90. The number of nitrogens with one attached hydrogen (secondary N) is 1. The third-order valence-electron chi connectivity index (χ3n) is 1.85. The van der Waals surface area contributed by atoms with Crippen LogP contribution in [-0.2, 0) is 0 Å². The van der Waals surface area contributed by atoms with Gasteiger partial charge in [-0.2, -0.15) is 0 Å². The second kappa shape index (κ2) is 5.00. The molecule has 0 bridgehead atoms. The summed E-state index contributed by atoms with van der Waals surface area (Å²) in [6, 6.07) is 3.72. The van der Waals surface area contributed by atoms with E-state index in [1.165, 1.54) is 0 Å². The molecule has 0 radical (unpaired) electrons. The number of aromatic nitrogens is 1. The number of hydrogen-bond acceptors (Lipinski definition) is 3. The molecule has 1 aromatic heterocycles. The van der Waals surface area contributed by atoms with Gasteiger partial charge in [-0.1, -0.05) is 15.9 Å². The standard InChI is InChI=1S/C10H12BrN3/c1-7-8(4-3-5-14-7)10(12)9(11)6-13-2/h3-6,9,12H,1-2H3. The van der Waals surface area contributed by atoms with Crippen LogP contribution in [0.4, 0.5) is 0 Å². The first-order valence-corrected chi connectivity index (χ1v) is 5.15. The van der Waals surface area contributed by atoms with E-state index in [4.69, 9.17) is 5.41 Å². The van der Waals surface area contributed by atoms with E-state index >= 15 is 0 Å². The molecular formula is C10H12BrN3. The Morgan fingerprint density at radius 1 is 1.71 bits per heavy atom. The maximum absolute atomic E-state index is 7.90. The molecule has 0 aliphatic heterocycles. The van der Waals surface area contributed by atoms with Gasteiger partial charge >= 0.3 is 0 Å². The van der Waals surface area contributed by atoms with Gasteiger partial charge in [-0.25, -0.2) is 0 Å². The van der Waals surface area contributed by atoms with Gasteiger partial charge in [-0.05, 0) is 19.1 Å². The predicted molar refractivity (Wildman–Crippen MR) is 62.9 cm³/mol. The van der Waals surface area contributed by atoms with Crippen LogP contribution < -0.4 is 0 Å². The van der Waals surface area contributed by atoms with Crippen LogP contribution in [0.5, 0.6) is 0 Å². The van der Waals surface area contributed by atoms with E-state index in [0.29, 0.717) is 5.71 Å². The van der Waals surface area contributed by atoms with E-state index in [2.05, 4.69) is 25.9 Å². The Hall–Kier alpha value is -1.03. The summed E-state index contributed by atoms with van der Waals surface area (Å²) in [5, 5.41) is 7.90. The summed E-state index contributed by atoms with van der Waals surface area (Å²) in [6.07, 6.45) is 3.41. The quantitative estimate of drug-likeness (QED) is 0.652. The second-order valence-electron chi connectivity index (χ2n) is 2.86. The summed E-state index contributed by atoms with van der Waals surface area (Å²) in [4.78, 5) is 7.87. The van der Waals surface area contributed by atoms with E-state index in [0.717, 1.165) is 11.3 Å². The summed E-state index contributed by atoms with van der Waals surface area (Å²) in [7, 11) is 1.69. The summed E-state index contributed by atoms with van der Waals surface area (Å²) in [5.74, 6) is 0. The molecule has 0 spiro atoms. The predicted octanol–water partition coefficient (Wildman–Crippen LogP) is 2.22. The number of aliphatic imine (C=N–C) groups is 1. The summed E-state index contributed by atoms with van der Waals surface area (Å²) in [5.41, 5.74) is 2.21. The lowest BCUT2D eigenvalue weighted by Crippen LogP contribution is -2.17. The smallest absolute Gasteiger partial charge is 0.0914 e. The van der Waals surface area contributed by atoms with Crippen LogP contribution in [0.3, 0.4) is 0 Å². The van der Waals surface area contributed by atoms with E-state index in [-0.39, 0.29) is 4.83 Å². The van der Waals surface area contributed by atoms with Crippen molar-refractivity contribution in [3.63, 3.8) is 0 Å². The molecule has 0 saturated heterocycles. The van der Waals surface area contributed by atoms with Crippen LogP contribution in [-0.4, -0.2) is 28.8 Å². The molecule has 1 atom stereocenters. The number of nitrogens with zero attached hydrogens (tertiary/aromatic N) is 2. The molecule has 1 heterocycles. The molecule has 1 N–H and O–H groups in total. The SMILES string of the molecule is CN=CC(Br)C(=N)c1cccnc1C. The molecule has 0 amide bonds. The number of hydrogen-bond donors (Lipinski definition) is 1. The molecular weight excluding hydrogens is 242 g/mol. The highest BCUT2D eigenvalue weighted by Gasteiger charge is 2.12. The first-order chi connectivity index (χ1) is 6.66. The van der Waals surface area contributed by atoms with Crippen molar-refractivity contribution in [1.82, 2.24) is 4.98 Å². The first-order valence-electron chi connectivity index (χ1n) is 4.23. The first kappa shape index (κ1) is 11.0. The van der Waals surface area contributed by atoms with Gasteiger partial charge in [-0.3, -0.25) is 9.98 Å². The molecule has 3 nitrogen and oxygen atoms in total. The van der Waals surface area contributed by atoms with Crippen molar-refractivity contribution in [3.05, 3.63) is 29.6 Å². The molecule has 0 aliphatic carbocycles. The zero-order valence-electron chi connectivity index (χ0n) is 8.16. The molecule has 1 aromatic rings. The molecule has 0 saturated carbocycles. The van der Waals surface area contributed by atoms with Gasteiger partial charge < -0.3 is 5.41 Å². The van der Waals surface area contributed by atoms with Gasteiger partial charge in [0.15, 0.2) is 0 Å². The third kappa shape index (κ3) is 2.48. The van der Waals surface area contributed by atoms with Gasteiger partial charge in [-0.15, -0.1) is 0 Å². The molecule has 1 rings (SSSR count). The number of aryl methyl sites for hydroxylation is 1. The van der Waals surface area contributed by atoms with Crippen molar-refractivity contribution in [2.45, 2.75) is 11.8 Å². The van der Waals surface area contributed by atoms with Crippen LogP contribution in [0, 0.1) is 12.3 Å². The van der Waals surface area contributed by atoms with Gasteiger partial charge in [0, 0.05) is 30.7 Å². The molecule has 0 aliphatic rings. The van der Waals surface area contributed by atoms with E-state index in [9.17, 15) is 0 Å². The van der Waals surface area contributed by atoms with Gasteiger partial charge in [0.05, 0.1) is 10.5 Å². The zero-order chi connectivity index (χ0) is 10.6. The van der Waals surface area contributed by atoms with Crippen molar-refractivity contribution in [3.8, 4) is 0 Å². The molecule has 74 valence electrons. The fourth-order valence-corrected chi connectivity index (χ4v) is 1.61. The normalized spacial score (nSPS) is 13.1. The summed E-state index contributed by atoms with van der Waals surface area (Å²) >= 11 is 3.37. The zero-order valence-corrected chi connectivity index (χ0v) is 9.75. The average molecular weight is 254 g/mol. The van der Waals surface area contributed by atoms with Crippen LogP contribution >= 0.6 is 15.9 Å². The monoisotopic (exact) mass is 253 g/mol. The highest BCUT2D eigenvalue weighted by Crippen LogP contribution is 2.11. The largest absolute Gasteiger partial charge is 0.303 e. The van der Waals surface area contributed by atoms with E-state index in [1.54, 1.807) is 19.5 Å². The molecule has 4 heteroatoms. The summed E-state index contributed by atoms with van der Waals surface area (Å²) < 4.78 is 0. The number of halogens is 1. The minimum atomic E-state index is -0.143. The van der Waals surface area contributed by atoms with Crippen molar-refractivity contribution >= 4 is 27.9 Å². The number of pyridine rings is 1. The maximum atomic E-state index is 7.90. The minimum Gasteiger partial charge on any atom is -0.303 e. The second-order valence-corrected chi connectivity index (χ2v) is 3.85. The van der Waals surface area contributed by atoms with Gasteiger partial charge in [0.25, 0.3) is 0 Å². The third-order valence-corrected chi connectivity index (χ3v) is 2.55. The Bertz CT molecular complexity index is 360. The van der Waals surface area contributed by atoms with Crippen molar-refractivity contribution in [2.24, 2.45) is 4.99 Å². The van der Waals surface area contributed by atoms with Crippen molar-refractivity contribution in [2.75, 3.05) is 7.05 Å². The Morgan fingerprint density at radius 2 is 2.43 bits per heavy atom. The number of alkyl halides is 1. The maximum Gasteiger partial charge on any atom is 0.0914 e. The van der Waals surface area contributed by atoms with E-state index < -0.39 is 0 Å². The minimum absolute atomic E-state index is 0.143. The fourth-order valence-electron chi connectivity index (χ4n) is 1.12. The molecule has 0 aromatic carbocycles. The highest BCUT2D eigenvalue weighted by atomic mass is 79.9. The Morgan fingerprint density at radius 3 is 3.00 bits per heavy atom. The van der Waals surface area contributed by atoms with Crippen molar-refractivity contribution < 1.29 is 0 Å². The van der Waals surface area contributed by atoms with Crippen molar-refractivity contribution in [1.29, 1.82) is 5.41 Å². The molecule has 0 fully saturated rings. The van der Waals surface area contributed by atoms with Crippen LogP contribution in [0.1, 0.15) is 11.3 Å². The van der Waals surface area contributed by atoms with Crippen LogP contribution in [0.15, 0.2) is 23.3 Å². The fraction of sp³-hybridized carbons (Fsp3) is 0.300. The lowest BCUT2D eigenvalue weighted by Gasteiger charge is -2.08. The lowest BCUT2D eigenvalue weighted by molar-refractivity contribution is 1.18. The van der Waals surface area contributed by atoms with Crippen LogP contribution in [0.2, 0.25) is 0 Å². The van der Waals surface area contributed by atoms with E-state index in [1.807, 2.05) is 19.1 Å². The highest BCUT2D eigenvalue weighted by molar-refractivity contribution is 9.10. The Kier molecular flexibility index (Phi) is 3.95. The van der Waals surface area contributed by atoms with Crippen LogP contribution in [0.25, 0.3) is 0 Å². The van der Waals surface area contributed by atoms with Gasteiger partial charge in [0.2, 0.25) is 0 Å². The number of rotatable bonds is 3. The molecule has 14 heavy (non-hydrogen) atoms. The Balaban J connectivity index is 2.95. The average Bonchev–Trinajstić information content (AvgIpc) is 2.18. The Labute approximate surface area is 91.9 Å². The lowest BCUT2D eigenvalue weighted by atomic mass is 10.1.